The maximum atomic E-state index is 12.0. The van der Waals surface area contributed by atoms with Crippen molar-refractivity contribution in [2.24, 2.45) is 0 Å². The summed E-state index contributed by atoms with van der Waals surface area (Å²) in [6, 6.07) is 0.0591. The molecule has 2 aliphatic rings. The number of morpholine rings is 1. The molecule has 2 heterocycles. The van der Waals surface area contributed by atoms with Crippen LogP contribution in [0.1, 0.15) is 25.7 Å². The third kappa shape index (κ3) is 3.35. The Morgan fingerprint density at radius 3 is 2.19 bits per heavy atom. The summed E-state index contributed by atoms with van der Waals surface area (Å²) in [5, 5.41) is 1.96. The van der Waals surface area contributed by atoms with Crippen LogP contribution in [0.4, 0.5) is 4.79 Å². The van der Waals surface area contributed by atoms with Crippen LogP contribution in [0, 0.1) is 0 Å². The number of nitrogens with one attached hydrogen (secondary N) is 1. The van der Waals surface area contributed by atoms with E-state index in [1.165, 1.54) is 12.8 Å². The van der Waals surface area contributed by atoms with E-state index < -0.39 is 0 Å². The number of rotatable bonds is 1. The van der Waals surface area contributed by atoms with Crippen LogP contribution < -0.4 is 5.43 Å². The SMILES string of the molecule is O=C(NN1CCOCC1)N1CCCCCC1. The van der Waals surface area contributed by atoms with Gasteiger partial charge in [0.15, 0.2) is 0 Å². The third-order valence-corrected chi connectivity index (χ3v) is 3.16. The van der Waals surface area contributed by atoms with Gasteiger partial charge in [-0.25, -0.2) is 9.80 Å². The second-order valence-electron chi connectivity index (χ2n) is 4.42. The van der Waals surface area contributed by atoms with Crippen molar-refractivity contribution in [3.8, 4) is 0 Å². The number of hydrazine groups is 1. The number of carbonyl (C=O) groups is 1. The number of urea groups is 1. The molecule has 16 heavy (non-hydrogen) atoms. The van der Waals surface area contributed by atoms with Crippen LogP contribution in [0.3, 0.4) is 0 Å². The van der Waals surface area contributed by atoms with E-state index in [1.807, 2.05) is 9.91 Å². The van der Waals surface area contributed by atoms with Crippen LogP contribution in [0.5, 0.6) is 0 Å². The van der Waals surface area contributed by atoms with Crippen molar-refractivity contribution < 1.29 is 9.53 Å². The highest BCUT2D eigenvalue weighted by molar-refractivity contribution is 5.73. The molecule has 0 aromatic heterocycles. The van der Waals surface area contributed by atoms with Crippen LogP contribution in [0.2, 0.25) is 0 Å². The maximum Gasteiger partial charge on any atom is 0.331 e. The molecule has 5 nitrogen and oxygen atoms in total. The zero-order valence-electron chi connectivity index (χ0n) is 9.78. The summed E-state index contributed by atoms with van der Waals surface area (Å²) >= 11 is 0. The van der Waals surface area contributed by atoms with E-state index in [0.717, 1.165) is 39.0 Å². The van der Waals surface area contributed by atoms with E-state index in [1.54, 1.807) is 0 Å². The van der Waals surface area contributed by atoms with E-state index in [2.05, 4.69) is 5.43 Å². The Hall–Kier alpha value is -0.810. The summed E-state index contributed by atoms with van der Waals surface area (Å²) in [6.45, 7) is 4.80. The molecule has 92 valence electrons. The van der Waals surface area contributed by atoms with Gasteiger partial charge in [-0.2, -0.15) is 0 Å². The lowest BCUT2D eigenvalue weighted by atomic mass is 10.2. The Bertz CT molecular complexity index is 221. The van der Waals surface area contributed by atoms with Gasteiger partial charge in [-0.3, -0.25) is 5.43 Å². The minimum absolute atomic E-state index is 0.0591. The fourth-order valence-corrected chi connectivity index (χ4v) is 2.15. The van der Waals surface area contributed by atoms with Crippen molar-refractivity contribution in [1.82, 2.24) is 15.3 Å². The van der Waals surface area contributed by atoms with Crippen molar-refractivity contribution in [2.75, 3.05) is 39.4 Å². The van der Waals surface area contributed by atoms with Gasteiger partial charge in [0.2, 0.25) is 0 Å². The van der Waals surface area contributed by atoms with Gasteiger partial charge in [0.05, 0.1) is 13.2 Å². The molecule has 2 saturated heterocycles. The fourth-order valence-electron chi connectivity index (χ4n) is 2.15. The van der Waals surface area contributed by atoms with Gasteiger partial charge in [-0.05, 0) is 12.8 Å². The summed E-state index contributed by atoms with van der Waals surface area (Å²) in [4.78, 5) is 13.9. The van der Waals surface area contributed by atoms with Crippen LogP contribution in [0.25, 0.3) is 0 Å². The number of hydrogen-bond acceptors (Lipinski definition) is 3. The van der Waals surface area contributed by atoms with Gasteiger partial charge in [0.1, 0.15) is 0 Å². The van der Waals surface area contributed by atoms with E-state index in [-0.39, 0.29) is 6.03 Å². The zero-order valence-corrected chi connectivity index (χ0v) is 9.78. The monoisotopic (exact) mass is 227 g/mol. The molecule has 0 unspecified atom stereocenters. The molecule has 1 N–H and O–H groups in total. The molecule has 2 fully saturated rings. The molecule has 2 rings (SSSR count). The first kappa shape index (κ1) is 11.7. The molecule has 5 heteroatoms. The van der Waals surface area contributed by atoms with Gasteiger partial charge in [0.25, 0.3) is 0 Å². The Balaban J connectivity index is 1.76. The van der Waals surface area contributed by atoms with Crippen LogP contribution in [-0.4, -0.2) is 55.3 Å². The summed E-state index contributed by atoms with van der Waals surface area (Å²) < 4.78 is 5.24. The van der Waals surface area contributed by atoms with Crippen LogP contribution in [-0.2, 0) is 4.74 Å². The molecule has 2 amide bonds. The standard InChI is InChI=1S/C11H21N3O2/c15-11(12-14-7-9-16-10-8-14)13-5-3-1-2-4-6-13/h1-10H2,(H,12,15). The Labute approximate surface area is 96.7 Å². The predicted octanol–water partition coefficient (Wildman–Crippen LogP) is 0.819. The molecule has 0 aromatic carbocycles. The van der Waals surface area contributed by atoms with Crippen molar-refractivity contribution >= 4 is 6.03 Å². The van der Waals surface area contributed by atoms with Gasteiger partial charge in [0, 0.05) is 26.2 Å². The van der Waals surface area contributed by atoms with Gasteiger partial charge >= 0.3 is 6.03 Å². The van der Waals surface area contributed by atoms with Gasteiger partial charge < -0.3 is 9.64 Å². The number of hydrogen-bond donors (Lipinski definition) is 1. The highest BCUT2D eigenvalue weighted by Crippen LogP contribution is 2.09. The fraction of sp³-hybridized carbons (Fsp3) is 0.909. The predicted molar refractivity (Wildman–Crippen MR) is 61.0 cm³/mol. The summed E-state index contributed by atoms with van der Waals surface area (Å²) in [7, 11) is 0. The number of nitrogens with zero attached hydrogens (tertiary/aromatic N) is 2. The molecule has 0 saturated carbocycles. The summed E-state index contributed by atoms with van der Waals surface area (Å²) in [6.07, 6.45) is 4.77. The third-order valence-electron chi connectivity index (χ3n) is 3.16. The molecule has 0 spiro atoms. The van der Waals surface area contributed by atoms with Crippen LogP contribution in [0.15, 0.2) is 0 Å². The molecule has 0 aliphatic carbocycles. The van der Waals surface area contributed by atoms with Gasteiger partial charge in [-0.15, -0.1) is 0 Å². The number of likely N-dealkylation sites (tertiary alicyclic amines) is 1. The average Bonchev–Trinajstić information content (AvgIpc) is 2.59. The smallest absolute Gasteiger partial charge is 0.331 e. The second kappa shape index (κ2) is 6.06. The molecule has 2 aliphatic heterocycles. The van der Waals surface area contributed by atoms with E-state index >= 15 is 0 Å². The van der Waals surface area contributed by atoms with E-state index in [9.17, 15) is 4.79 Å². The highest BCUT2D eigenvalue weighted by Gasteiger charge is 2.18. The van der Waals surface area contributed by atoms with Crippen molar-refractivity contribution in [2.45, 2.75) is 25.7 Å². The molecule has 0 aromatic rings. The van der Waals surface area contributed by atoms with Gasteiger partial charge in [-0.1, -0.05) is 12.8 Å². The number of carbonyl (C=O) groups excluding carboxylic acids is 1. The minimum atomic E-state index is 0.0591. The zero-order chi connectivity index (χ0) is 11.2. The Kier molecular flexibility index (Phi) is 4.42. The molecule has 0 radical (unpaired) electrons. The lowest BCUT2D eigenvalue weighted by molar-refractivity contribution is 0.0161. The van der Waals surface area contributed by atoms with E-state index in [0.29, 0.717) is 13.2 Å². The lowest BCUT2D eigenvalue weighted by Gasteiger charge is -2.30. The molecule has 0 atom stereocenters. The largest absolute Gasteiger partial charge is 0.379 e. The first-order valence-electron chi connectivity index (χ1n) is 6.24. The average molecular weight is 227 g/mol. The number of amides is 2. The lowest BCUT2D eigenvalue weighted by Crippen LogP contribution is -2.53. The Morgan fingerprint density at radius 1 is 0.938 bits per heavy atom. The normalized spacial score (nSPS) is 23.9. The molecule has 0 bridgehead atoms. The second-order valence-corrected chi connectivity index (χ2v) is 4.42. The Morgan fingerprint density at radius 2 is 1.56 bits per heavy atom. The summed E-state index contributed by atoms with van der Waals surface area (Å²) in [5.41, 5.74) is 2.96. The summed E-state index contributed by atoms with van der Waals surface area (Å²) in [5.74, 6) is 0. The first-order chi connectivity index (χ1) is 7.86. The van der Waals surface area contributed by atoms with Crippen molar-refractivity contribution in [3.05, 3.63) is 0 Å². The highest BCUT2D eigenvalue weighted by atomic mass is 16.5. The van der Waals surface area contributed by atoms with Crippen molar-refractivity contribution in [3.63, 3.8) is 0 Å². The first-order valence-corrected chi connectivity index (χ1v) is 6.24. The minimum Gasteiger partial charge on any atom is -0.379 e. The maximum absolute atomic E-state index is 12.0. The topological polar surface area (TPSA) is 44.8 Å². The quantitative estimate of drug-likeness (QED) is 0.721. The van der Waals surface area contributed by atoms with Crippen molar-refractivity contribution in [1.29, 1.82) is 0 Å². The van der Waals surface area contributed by atoms with E-state index in [4.69, 9.17) is 4.74 Å². The molecular formula is C11H21N3O2. The number of ether oxygens (including phenoxy) is 1. The van der Waals surface area contributed by atoms with Crippen LogP contribution >= 0.6 is 0 Å². The molecular weight excluding hydrogens is 206 g/mol.